The molecule has 0 saturated heterocycles. The minimum Gasteiger partial charge on any atom is -0.258 e. The largest absolute Gasteiger partial charge is 0.276 e. The Morgan fingerprint density at radius 3 is 2.83 bits per heavy atom. The van der Waals surface area contributed by atoms with Crippen molar-refractivity contribution in [3.63, 3.8) is 0 Å². The highest BCUT2D eigenvalue weighted by molar-refractivity contribution is 9.10. The summed E-state index contributed by atoms with van der Waals surface area (Å²) in [5.74, 6) is 0. The van der Waals surface area contributed by atoms with Gasteiger partial charge in [-0.05, 0) is 30.4 Å². The van der Waals surface area contributed by atoms with Crippen molar-refractivity contribution in [1.82, 2.24) is 4.68 Å². The first-order chi connectivity index (χ1) is 14.1. The highest BCUT2D eigenvalue weighted by Gasteiger charge is 2.09. The number of hydrogen-bond acceptors (Lipinski definition) is 5. The van der Waals surface area contributed by atoms with Crippen molar-refractivity contribution in [3.8, 4) is 11.3 Å². The first kappa shape index (κ1) is 20.6. The van der Waals surface area contributed by atoms with Crippen LogP contribution in [0, 0.1) is 10.1 Å². The zero-order chi connectivity index (χ0) is 20.6. The Bertz CT molecular complexity index is 1160. The Balaban J connectivity index is 1.96. The van der Waals surface area contributed by atoms with Gasteiger partial charge in [-0.2, -0.15) is 5.10 Å². The highest BCUT2D eigenvalue weighted by atomic mass is 79.9. The number of halogens is 1. The van der Waals surface area contributed by atoms with Gasteiger partial charge in [-0.1, -0.05) is 46.3 Å². The second-order valence-electron chi connectivity index (χ2n) is 5.79. The van der Waals surface area contributed by atoms with Crippen molar-refractivity contribution in [3.05, 3.63) is 97.6 Å². The molecule has 0 aliphatic rings. The standard InChI is InChI=1S/C21H17BrN4O2S/c1-2-12-23-21-25(20(15-29-21)17-8-5-10-18(22)14-17)24-13-6-9-16-7-3-4-11-19(16)26(27)28/h2-11,13-15H,1,12H2/b9-6+,23-21?,24-13+. The summed E-state index contributed by atoms with van der Waals surface area (Å²) in [5.41, 5.74) is 2.46. The highest BCUT2D eigenvalue weighted by Crippen LogP contribution is 2.23. The molecule has 0 atom stereocenters. The van der Waals surface area contributed by atoms with Crippen LogP contribution in [0.1, 0.15) is 5.56 Å². The van der Waals surface area contributed by atoms with Crippen molar-refractivity contribution in [2.45, 2.75) is 0 Å². The normalized spacial score (nSPS) is 12.1. The molecule has 0 spiro atoms. The number of allylic oxidation sites excluding steroid dienone is 1. The number of nitro groups is 1. The molecular formula is C21H17BrN4O2S. The van der Waals surface area contributed by atoms with Gasteiger partial charge in [-0.3, -0.25) is 15.1 Å². The first-order valence-corrected chi connectivity index (χ1v) is 10.3. The number of nitro benzene ring substituents is 1. The molecule has 146 valence electrons. The third-order valence-electron chi connectivity index (χ3n) is 3.84. The molecule has 0 radical (unpaired) electrons. The van der Waals surface area contributed by atoms with Crippen molar-refractivity contribution in [2.24, 2.45) is 10.1 Å². The van der Waals surface area contributed by atoms with Crippen molar-refractivity contribution >= 4 is 45.2 Å². The predicted octanol–water partition coefficient (Wildman–Crippen LogP) is 5.52. The Labute approximate surface area is 180 Å². The summed E-state index contributed by atoms with van der Waals surface area (Å²) in [6.07, 6.45) is 6.65. The number of benzene rings is 2. The van der Waals surface area contributed by atoms with E-state index in [0.29, 0.717) is 12.1 Å². The second kappa shape index (κ2) is 9.90. The lowest BCUT2D eigenvalue weighted by Crippen LogP contribution is -2.12. The molecule has 0 N–H and O–H groups in total. The SMILES string of the molecule is C=CCN=c1scc(-c2cccc(Br)c2)n1/N=C/C=C/c1ccccc1[N+](=O)[O-]. The van der Waals surface area contributed by atoms with Crippen LogP contribution >= 0.6 is 27.3 Å². The third kappa shape index (κ3) is 5.24. The maximum atomic E-state index is 11.1. The molecule has 8 heteroatoms. The molecule has 0 fully saturated rings. The molecule has 0 amide bonds. The number of aromatic nitrogens is 1. The number of thiazole rings is 1. The minimum atomic E-state index is -0.401. The van der Waals surface area contributed by atoms with Crippen LogP contribution in [-0.4, -0.2) is 22.4 Å². The van der Waals surface area contributed by atoms with E-state index in [4.69, 9.17) is 0 Å². The first-order valence-electron chi connectivity index (χ1n) is 8.62. The summed E-state index contributed by atoms with van der Waals surface area (Å²) in [4.78, 5) is 15.9. The molecule has 6 nitrogen and oxygen atoms in total. The number of hydrogen-bond donors (Lipinski definition) is 0. The summed E-state index contributed by atoms with van der Waals surface area (Å²) in [5, 5.41) is 17.6. The summed E-state index contributed by atoms with van der Waals surface area (Å²) < 4.78 is 2.72. The van der Waals surface area contributed by atoms with Crippen LogP contribution in [-0.2, 0) is 0 Å². The van der Waals surface area contributed by atoms with E-state index in [0.717, 1.165) is 20.5 Å². The van der Waals surface area contributed by atoms with Crippen LogP contribution in [0.3, 0.4) is 0 Å². The molecule has 1 heterocycles. The summed E-state index contributed by atoms with van der Waals surface area (Å²) in [7, 11) is 0. The minimum absolute atomic E-state index is 0.0526. The molecule has 0 aliphatic carbocycles. The zero-order valence-corrected chi connectivity index (χ0v) is 17.7. The van der Waals surface area contributed by atoms with E-state index >= 15 is 0 Å². The van der Waals surface area contributed by atoms with E-state index in [9.17, 15) is 10.1 Å². The van der Waals surface area contributed by atoms with Gasteiger partial charge >= 0.3 is 0 Å². The van der Waals surface area contributed by atoms with Gasteiger partial charge in [0.15, 0.2) is 0 Å². The fourth-order valence-corrected chi connectivity index (χ4v) is 3.80. The van der Waals surface area contributed by atoms with Crippen molar-refractivity contribution in [2.75, 3.05) is 6.54 Å². The summed E-state index contributed by atoms with van der Waals surface area (Å²) >= 11 is 4.98. The smallest absolute Gasteiger partial charge is 0.258 e. The maximum absolute atomic E-state index is 11.1. The molecule has 3 rings (SSSR count). The average Bonchev–Trinajstić information content (AvgIpc) is 3.12. The van der Waals surface area contributed by atoms with Gasteiger partial charge < -0.3 is 0 Å². The van der Waals surface area contributed by atoms with Crippen molar-refractivity contribution < 1.29 is 4.92 Å². The van der Waals surface area contributed by atoms with Crippen LogP contribution in [0.15, 0.2) is 87.2 Å². The van der Waals surface area contributed by atoms with Gasteiger partial charge in [0.1, 0.15) is 0 Å². The van der Waals surface area contributed by atoms with E-state index in [1.54, 1.807) is 47.3 Å². The third-order valence-corrected chi connectivity index (χ3v) is 5.19. The quantitative estimate of drug-likeness (QED) is 0.198. The lowest BCUT2D eigenvalue weighted by Gasteiger charge is -2.03. The Morgan fingerprint density at radius 2 is 2.07 bits per heavy atom. The zero-order valence-electron chi connectivity index (χ0n) is 15.3. The lowest BCUT2D eigenvalue weighted by molar-refractivity contribution is -0.385. The van der Waals surface area contributed by atoms with Gasteiger partial charge in [0.25, 0.3) is 5.69 Å². The van der Waals surface area contributed by atoms with Gasteiger partial charge in [0.05, 0.1) is 22.7 Å². The van der Waals surface area contributed by atoms with E-state index in [1.807, 2.05) is 29.6 Å². The summed E-state index contributed by atoms with van der Waals surface area (Å²) in [6, 6.07) is 14.5. The predicted molar refractivity (Wildman–Crippen MR) is 122 cm³/mol. The van der Waals surface area contributed by atoms with Gasteiger partial charge in [-0.25, -0.2) is 4.68 Å². The van der Waals surface area contributed by atoms with E-state index in [-0.39, 0.29) is 5.69 Å². The molecular weight excluding hydrogens is 452 g/mol. The summed E-state index contributed by atoms with van der Waals surface area (Å²) in [6.45, 7) is 4.19. The molecule has 29 heavy (non-hydrogen) atoms. The van der Waals surface area contributed by atoms with Crippen LogP contribution in [0.5, 0.6) is 0 Å². The molecule has 0 saturated carbocycles. The van der Waals surface area contributed by atoms with Gasteiger partial charge in [0, 0.05) is 27.7 Å². The topological polar surface area (TPSA) is 72.8 Å². The van der Waals surface area contributed by atoms with Gasteiger partial charge in [-0.15, -0.1) is 17.9 Å². The van der Waals surface area contributed by atoms with Crippen molar-refractivity contribution in [1.29, 1.82) is 0 Å². The van der Waals surface area contributed by atoms with Crippen LogP contribution < -0.4 is 4.80 Å². The van der Waals surface area contributed by atoms with E-state index in [2.05, 4.69) is 32.6 Å². The maximum Gasteiger partial charge on any atom is 0.276 e. The molecule has 1 aromatic heterocycles. The molecule has 0 unspecified atom stereocenters. The van der Waals surface area contributed by atoms with Crippen LogP contribution in [0.25, 0.3) is 17.3 Å². The Hall–Kier alpha value is -3.10. The van der Waals surface area contributed by atoms with Gasteiger partial charge in [0.2, 0.25) is 4.80 Å². The number of rotatable bonds is 7. The molecule has 3 aromatic rings. The van der Waals surface area contributed by atoms with Crippen LogP contribution in [0.4, 0.5) is 5.69 Å². The Morgan fingerprint density at radius 1 is 1.24 bits per heavy atom. The van der Waals surface area contributed by atoms with E-state index < -0.39 is 4.92 Å². The number of para-hydroxylation sites is 1. The monoisotopic (exact) mass is 468 g/mol. The molecule has 2 aromatic carbocycles. The fourth-order valence-electron chi connectivity index (χ4n) is 2.55. The van der Waals surface area contributed by atoms with Crippen LogP contribution in [0.2, 0.25) is 0 Å². The average molecular weight is 469 g/mol. The van der Waals surface area contributed by atoms with E-state index in [1.165, 1.54) is 17.4 Å². The second-order valence-corrected chi connectivity index (χ2v) is 7.55. The lowest BCUT2D eigenvalue weighted by atomic mass is 10.1. The molecule has 0 bridgehead atoms. The Kier molecular flexibility index (Phi) is 7.04. The number of nitrogens with zero attached hydrogens (tertiary/aromatic N) is 4. The molecule has 0 aliphatic heterocycles. The fraction of sp³-hybridized carbons (Fsp3) is 0.0476.